The van der Waals surface area contributed by atoms with Crippen LogP contribution in [0, 0.1) is 0 Å². The SMILES string of the molecule is O=C(NC[C@H]1CCCN1c1nc2ccccc2o1)c1ccc2cc[nH]c2c1. The first-order valence-electron chi connectivity index (χ1n) is 9.25. The monoisotopic (exact) mass is 360 g/mol. The summed E-state index contributed by atoms with van der Waals surface area (Å²) in [6, 6.07) is 16.3. The van der Waals surface area contributed by atoms with Crippen molar-refractivity contribution in [3.63, 3.8) is 0 Å². The van der Waals surface area contributed by atoms with Crippen molar-refractivity contribution in [1.82, 2.24) is 15.3 Å². The number of carbonyl (C=O) groups excluding carboxylic acids is 1. The molecule has 0 unspecified atom stereocenters. The lowest BCUT2D eigenvalue weighted by atomic mass is 10.1. The minimum Gasteiger partial charge on any atom is -0.423 e. The summed E-state index contributed by atoms with van der Waals surface area (Å²) in [5.74, 6) is -0.0593. The second-order valence-corrected chi connectivity index (χ2v) is 6.94. The van der Waals surface area contributed by atoms with Crippen LogP contribution in [0.1, 0.15) is 23.2 Å². The molecule has 1 aliphatic heterocycles. The van der Waals surface area contributed by atoms with Crippen molar-refractivity contribution in [3.05, 3.63) is 60.3 Å². The molecule has 3 heterocycles. The van der Waals surface area contributed by atoms with Gasteiger partial charge in [-0.3, -0.25) is 4.79 Å². The van der Waals surface area contributed by atoms with E-state index in [0.29, 0.717) is 18.1 Å². The Morgan fingerprint density at radius 2 is 2.19 bits per heavy atom. The summed E-state index contributed by atoms with van der Waals surface area (Å²) in [5.41, 5.74) is 3.29. The Balaban J connectivity index is 1.30. The first kappa shape index (κ1) is 15.9. The number of amides is 1. The van der Waals surface area contributed by atoms with E-state index in [2.05, 4.69) is 20.2 Å². The molecule has 6 nitrogen and oxygen atoms in total. The number of aromatic nitrogens is 2. The van der Waals surface area contributed by atoms with Crippen molar-refractivity contribution < 1.29 is 9.21 Å². The maximum atomic E-state index is 12.6. The van der Waals surface area contributed by atoms with Gasteiger partial charge in [0.05, 0.1) is 6.04 Å². The number of hydrogen-bond donors (Lipinski definition) is 2. The Labute approximate surface area is 156 Å². The van der Waals surface area contributed by atoms with E-state index in [0.717, 1.165) is 41.4 Å². The molecule has 0 radical (unpaired) electrons. The molecule has 0 saturated carbocycles. The van der Waals surface area contributed by atoms with Crippen LogP contribution in [-0.4, -0.2) is 35.0 Å². The van der Waals surface area contributed by atoms with E-state index < -0.39 is 0 Å². The molecule has 27 heavy (non-hydrogen) atoms. The zero-order valence-electron chi connectivity index (χ0n) is 14.8. The highest BCUT2D eigenvalue weighted by Gasteiger charge is 2.28. The molecule has 0 bridgehead atoms. The maximum absolute atomic E-state index is 12.6. The Kier molecular flexibility index (Phi) is 3.81. The second kappa shape index (κ2) is 6.46. The quantitative estimate of drug-likeness (QED) is 0.582. The van der Waals surface area contributed by atoms with E-state index in [9.17, 15) is 4.79 Å². The molecule has 2 aromatic heterocycles. The van der Waals surface area contributed by atoms with Crippen LogP contribution in [0.25, 0.3) is 22.0 Å². The third kappa shape index (κ3) is 2.93. The molecule has 6 heteroatoms. The van der Waals surface area contributed by atoms with Crippen LogP contribution in [0.3, 0.4) is 0 Å². The molecular formula is C21H20N4O2. The molecule has 2 N–H and O–H groups in total. The number of H-pyrrole nitrogens is 1. The van der Waals surface area contributed by atoms with Crippen LogP contribution < -0.4 is 10.2 Å². The number of nitrogens with one attached hydrogen (secondary N) is 2. The van der Waals surface area contributed by atoms with Gasteiger partial charge >= 0.3 is 0 Å². The lowest BCUT2D eigenvalue weighted by Crippen LogP contribution is -2.40. The van der Waals surface area contributed by atoms with Gasteiger partial charge in [0.15, 0.2) is 5.58 Å². The van der Waals surface area contributed by atoms with Gasteiger partial charge < -0.3 is 19.6 Å². The van der Waals surface area contributed by atoms with Gasteiger partial charge in [-0.15, -0.1) is 0 Å². The number of carbonyl (C=O) groups is 1. The fourth-order valence-electron chi connectivity index (χ4n) is 3.78. The largest absolute Gasteiger partial charge is 0.423 e. The minimum absolute atomic E-state index is 0.0593. The molecule has 1 fully saturated rings. The second-order valence-electron chi connectivity index (χ2n) is 6.94. The van der Waals surface area contributed by atoms with Crippen LogP contribution in [0.2, 0.25) is 0 Å². The van der Waals surface area contributed by atoms with Crippen LogP contribution >= 0.6 is 0 Å². The number of hydrogen-bond acceptors (Lipinski definition) is 4. The topological polar surface area (TPSA) is 74.2 Å². The van der Waals surface area contributed by atoms with Gasteiger partial charge in [0.1, 0.15) is 5.52 Å². The number of rotatable bonds is 4. The number of oxazole rings is 1. The van der Waals surface area contributed by atoms with E-state index in [4.69, 9.17) is 4.42 Å². The van der Waals surface area contributed by atoms with E-state index in [-0.39, 0.29) is 11.9 Å². The number of nitrogens with zero attached hydrogens (tertiary/aromatic N) is 2. The Bertz CT molecular complexity index is 1080. The summed E-state index contributed by atoms with van der Waals surface area (Å²) < 4.78 is 5.91. The van der Waals surface area contributed by atoms with Gasteiger partial charge in [0.2, 0.25) is 0 Å². The predicted molar refractivity (Wildman–Crippen MR) is 105 cm³/mol. The van der Waals surface area contributed by atoms with Crippen molar-refractivity contribution >= 4 is 33.9 Å². The molecule has 1 saturated heterocycles. The minimum atomic E-state index is -0.0593. The smallest absolute Gasteiger partial charge is 0.298 e. The average Bonchev–Trinajstić information content (AvgIpc) is 3.43. The summed E-state index contributed by atoms with van der Waals surface area (Å²) in [4.78, 5) is 22.5. The number of para-hydroxylation sites is 2. The van der Waals surface area contributed by atoms with Crippen molar-refractivity contribution in [2.75, 3.05) is 18.0 Å². The van der Waals surface area contributed by atoms with Crippen LogP contribution in [0.15, 0.2) is 59.1 Å². The van der Waals surface area contributed by atoms with E-state index in [1.165, 1.54) is 0 Å². The average molecular weight is 360 g/mol. The molecular weight excluding hydrogens is 340 g/mol. The molecule has 5 rings (SSSR count). The molecule has 1 aliphatic rings. The molecule has 1 atom stereocenters. The molecule has 0 spiro atoms. The third-order valence-electron chi connectivity index (χ3n) is 5.22. The van der Waals surface area contributed by atoms with E-state index in [1.807, 2.05) is 54.7 Å². The van der Waals surface area contributed by atoms with Gasteiger partial charge in [0.25, 0.3) is 11.9 Å². The number of anilines is 1. The first-order valence-corrected chi connectivity index (χ1v) is 9.25. The van der Waals surface area contributed by atoms with E-state index in [1.54, 1.807) is 0 Å². The summed E-state index contributed by atoms with van der Waals surface area (Å²) >= 11 is 0. The molecule has 2 aromatic carbocycles. The van der Waals surface area contributed by atoms with Crippen molar-refractivity contribution in [3.8, 4) is 0 Å². The van der Waals surface area contributed by atoms with Gasteiger partial charge in [-0.2, -0.15) is 4.98 Å². The van der Waals surface area contributed by atoms with Gasteiger partial charge in [-0.1, -0.05) is 18.2 Å². The zero-order chi connectivity index (χ0) is 18.2. The Morgan fingerprint density at radius 3 is 3.11 bits per heavy atom. The summed E-state index contributed by atoms with van der Waals surface area (Å²) in [6.07, 6.45) is 3.95. The Morgan fingerprint density at radius 1 is 1.26 bits per heavy atom. The molecule has 0 aliphatic carbocycles. The van der Waals surface area contributed by atoms with E-state index >= 15 is 0 Å². The standard InChI is InChI=1S/C21H20N4O2/c26-20(15-8-7-14-9-10-22-18(14)12-15)23-13-16-4-3-11-25(16)21-24-17-5-1-2-6-19(17)27-21/h1-2,5-10,12,16,22H,3-4,11,13H2,(H,23,26)/t16-/m1/s1. The molecule has 4 aromatic rings. The highest BCUT2D eigenvalue weighted by Crippen LogP contribution is 2.28. The summed E-state index contributed by atoms with van der Waals surface area (Å²) in [5, 5.41) is 4.17. The highest BCUT2D eigenvalue weighted by molar-refractivity contribution is 5.97. The predicted octanol–water partition coefficient (Wildman–Crippen LogP) is 3.71. The third-order valence-corrected chi connectivity index (χ3v) is 5.22. The van der Waals surface area contributed by atoms with Gasteiger partial charge in [-0.25, -0.2) is 0 Å². The summed E-state index contributed by atoms with van der Waals surface area (Å²) in [6.45, 7) is 1.46. The fourth-order valence-corrected chi connectivity index (χ4v) is 3.78. The number of aromatic amines is 1. The number of fused-ring (bicyclic) bond motifs is 2. The highest BCUT2D eigenvalue weighted by atomic mass is 16.4. The summed E-state index contributed by atoms with van der Waals surface area (Å²) in [7, 11) is 0. The van der Waals surface area contributed by atoms with Crippen molar-refractivity contribution in [2.45, 2.75) is 18.9 Å². The molecule has 136 valence electrons. The van der Waals surface area contributed by atoms with Crippen LogP contribution in [0.5, 0.6) is 0 Å². The van der Waals surface area contributed by atoms with Crippen LogP contribution in [0.4, 0.5) is 6.01 Å². The number of benzene rings is 2. The van der Waals surface area contributed by atoms with Crippen molar-refractivity contribution in [2.24, 2.45) is 0 Å². The zero-order valence-corrected chi connectivity index (χ0v) is 14.8. The van der Waals surface area contributed by atoms with Gasteiger partial charge in [-0.05, 0) is 48.6 Å². The fraction of sp³-hybridized carbons (Fsp3) is 0.238. The molecule has 1 amide bonds. The maximum Gasteiger partial charge on any atom is 0.298 e. The van der Waals surface area contributed by atoms with Gasteiger partial charge in [0, 0.05) is 30.4 Å². The van der Waals surface area contributed by atoms with Crippen LogP contribution in [-0.2, 0) is 0 Å². The van der Waals surface area contributed by atoms with Crippen molar-refractivity contribution in [1.29, 1.82) is 0 Å². The first-order chi connectivity index (χ1) is 13.3. The Hall–Kier alpha value is -3.28. The normalized spacial score (nSPS) is 17.0. The lowest BCUT2D eigenvalue weighted by Gasteiger charge is -2.23. The lowest BCUT2D eigenvalue weighted by molar-refractivity contribution is 0.0951.